The van der Waals surface area contributed by atoms with Gasteiger partial charge in [-0.2, -0.15) is 5.10 Å². The molecule has 0 saturated heterocycles. The second-order valence-corrected chi connectivity index (χ2v) is 7.74. The Labute approximate surface area is 168 Å². The van der Waals surface area contributed by atoms with E-state index in [1.165, 1.54) is 12.8 Å². The van der Waals surface area contributed by atoms with E-state index in [1.54, 1.807) is 29.8 Å². The fourth-order valence-corrected chi connectivity index (χ4v) is 4.00. The van der Waals surface area contributed by atoms with Crippen LogP contribution in [0.1, 0.15) is 35.7 Å². The first-order valence-electron chi connectivity index (χ1n) is 10.0. The molecular weight excluding hydrogens is 366 g/mol. The van der Waals surface area contributed by atoms with Crippen LogP contribution in [0.2, 0.25) is 0 Å². The molecule has 0 bridgehead atoms. The number of para-hydroxylation sites is 1. The lowest BCUT2D eigenvalue weighted by atomic mass is 10.1. The van der Waals surface area contributed by atoms with Gasteiger partial charge in [-0.1, -0.05) is 12.1 Å². The van der Waals surface area contributed by atoms with Gasteiger partial charge in [0.05, 0.1) is 28.9 Å². The number of hydrogen-bond acceptors (Lipinski definition) is 4. The Morgan fingerprint density at radius 1 is 1.28 bits per heavy atom. The van der Waals surface area contributed by atoms with Crippen molar-refractivity contribution in [3.8, 4) is 17.1 Å². The summed E-state index contributed by atoms with van der Waals surface area (Å²) in [5.41, 5.74) is 5.18. The molecule has 0 aliphatic heterocycles. The van der Waals surface area contributed by atoms with Crippen LogP contribution in [0.25, 0.3) is 27.8 Å². The third-order valence-electron chi connectivity index (χ3n) is 5.67. The van der Waals surface area contributed by atoms with Crippen molar-refractivity contribution in [3.05, 3.63) is 53.7 Å². The molecule has 0 atom stereocenters. The highest BCUT2D eigenvalue weighted by molar-refractivity contribution is 5.92. The normalized spacial score (nSPS) is 14.0. The van der Waals surface area contributed by atoms with Crippen molar-refractivity contribution in [3.63, 3.8) is 0 Å². The summed E-state index contributed by atoms with van der Waals surface area (Å²) in [5, 5.41) is 16.3. The highest BCUT2D eigenvalue weighted by Crippen LogP contribution is 2.39. The van der Waals surface area contributed by atoms with Gasteiger partial charge in [0.1, 0.15) is 11.4 Å². The van der Waals surface area contributed by atoms with Gasteiger partial charge < -0.3 is 14.4 Å². The number of carbonyl (C=O) groups excluding carboxylic acids is 1. The van der Waals surface area contributed by atoms with Crippen LogP contribution < -0.4 is 0 Å². The van der Waals surface area contributed by atoms with Crippen molar-refractivity contribution in [1.82, 2.24) is 14.2 Å². The Bertz CT molecular complexity index is 1250. The zero-order chi connectivity index (χ0) is 20.1. The Morgan fingerprint density at radius 3 is 2.86 bits per heavy atom. The van der Waals surface area contributed by atoms with Crippen molar-refractivity contribution in [2.45, 2.75) is 33.2 Å². The lowest BCUT2D eigenvalue weighted by Gasteiger charge is -2.10. The Hall–Kier alpha value is -3.28. The fraction of sp³-hybridized carbons (Fsp3) is 0.304. The number of pyridine rings is 1. The average molecular weight is 389 g/mol. The van der Waals surface area contributed by atoms with Crippen molar-refractivity contribution in [2.75, 3.05) is 6.61 Å². The summed E-state index contributed by atoms with van der Waals surface area (Å²) in [6.07, 6.45) is 4.16. The molecule has 1 fully saturated rings. The van der Waals surface area contributed by atoms with Crippen LogP contribution in [0.4, 0.5) is 0 Å². The molecule has 6 nitrogen and oxygen atoms in total. The number of aromatic hydroxyl groups is 1. The van der Waals surface area contributed by atoms with Crippen molar-refractivity contribution < 1.29 is 14.6 Å². The van der Waals surface area contributed by atoms with Gasteiger partial charge in [-0.15, -0.1) is 0 Å². The maximum Gasteiger partial charge on any atom is 0.339 e. The summed E-state index contributed by atoms with van der Waals surface area (Å²) in [6, 6.07) is 11.4. The van der Waals surface area contributed by atoms with Crippen LogP contribution in [-0.4, -0.2) is 31.9 Å². The maximum atomic E-state index is 12.1. The number of hydrogen-bond donors (Lipinski definition) is 1. The number of fused-ring (bicyclic) bond motifs is 2. The quantitative estimate of drug-likeness (QED) is 0.508. The predicted octanol–water partition coefficient (Wildman–Crippen LogP) is 4.56. The number of rotatable bonds is 5. The van der Waals surface area contributed by atoms with E-state index in [2.05, 4.69) is 10.6 Å². The Balaban J connectivity index is 1.69. The van der Waals surface area contributed by atoms with E-state index < -0.39 is 0 Å². The lowest BCUT2D eigenvalue weighted by Crippen LogP contribution is -2.06. The standard InChI is InChI=1S/C23H23N3O3/c1-3-29-23(28)17-9-10-18-14(2)21(24-26(18)13-17)19-11-16-5-4-6-20(27)22(16)25(19)12-15-7-8-15/h4-6,9-11,13,15,27H,3,7-8,12H2,1-2H3. The van der Waals surface area contributed by atoms with E-state index >= 15 is 0 Å². The van der Waals surface area contributed by atoms with Crippen LogP contribution in [0, 0.1) is 12.8 Å². The van der Waals surface area contributed by atoms with Gasteiger partial charge in [0, 0.05) is 23.7 Å². The Morgan fingerprint density at radius 2 is 2.10 bits per heavy atom. The zero-order valence-corrected chi connectivity index (χ0v) is 16.6. The van der Waals surface area contributed by atoms with E-state index in [4.69, 9.17) is 9.84 Å². The summed E-state index contributed by atoms with van der Waals surface area (Å²) in [7, 11) is 0. The third kappa shape index (κ3) is 2.95. The topological polar surface area (TPSA) is 68.8 Å². The number of benzene rings is 1. The summed E-state index contributed by atoms with van der Waals surface area (Å²) >= 11 is 0. The van der Waals surface area contributed by atoms with Gasteiger partial charge in [-0.25, -0.2) is 9.31 Å². The molecule has 1 aliphatic rings. The smallest absolute Gasteiger partial charge is 0.339 e. The second-order valence-electron chi connectivity index (χ2n) is 7.74. The van der Waals surface area contributed by atoms with Crippen molar-refractivity contribution in [1.29, 1.82) is 0 Å². The van der Waals surface area contributed by atoms with Gasteiger partial charge in [-0.3, -0.25) is 0 Å². The predicted molar refractivity (Wildman–Crippen MR) is 111 cm³/mol. The number of carbonyl (C=O) groups is 1. The van der Waals surface area contributed by atoms with E-state index in [0.29, 0.717) is 23.8 Å². The molecule has 0 radical (unpaired) electrons. The van der Waals surface area contributed by atoms with Crippen LogP contribution >= 0.6 is 0 Å². The number of ether oxygens (including phenoxy) is 1. The highest BCUT2D eigenvalue weighted by Gasteiger charge is 2.26. The molecule has 5 rings (SSSR count). The lowest BCUT2D eigenvalue weighted by molar-refractivity contribution is 0.0525. The number of aromatic nitrogens is 3. The van der Waals surface area contributed by atoms with Gasteiger partial charge in [0.25, 0.3) is 0 Å². The van der Waals surface area contributed by atoms with Crippen molar-refractivity contribution >= 4 is 22.4 Å². The molecule has 29 heavy (non-hydrogen) atoms. The minimum atomic E-state index is -0.350. The molecule has 0 unspecified atom stereocenters. The number of phenols is 1. The Kier molecular flexibility index (Phi) is 4.08. The monoisotopic (exact) mass is 389 g/mol. The average Bonchev–Trinajstić information content (AvgIpc) is 3.37. The summed E-state index contributed by atoms with van der Waals surface area (Å²) in [6.45, 7) is 5.05. The molecule has 4 aromatic rings. The summed E-state index contributed by atoms with van der Waals surface area (Å²) < 4.78 is 9.05. The first-order chi connectivity index (χ1) is 14.1. The largest absolute Gasteiger partial charge is 0.506 e. The number of phenolic OH excluding ortho intramolecular Hbond substituents is 1. The van der Waals surface area contributed by atoms with E-state index in [0.717, 1.165) is 39.9 Å². The molecule has 1 aliphatic carbocycles. The number of esters is 1. The second kappa shape index (κ2) is 6.65. The molecule has 3 aromatic heterocycles. The van der Waals surface area contributed by atoms with Crippen LogP contribution in [0.5, 0.6) is 5.75 Å². The molecule has 0 spiro atoms. The van der Waals surface area contributed by atoms with Crippen LogP contribution in [0.3, 0.4) is 0 Å². The minimum Gasteiger partial charge on any atom is -0.506 e. The molecule has 1 aromatic carbocycles. The van der Waals surface area contributed by atoms with E-state index in [9.17, 15) is 9.90 Å². The van der Waals surface area contributed by atoms with Crippen LogP contribution in [0.15, 0.2) is 42.6 Å². The molecule has 6 heteroatoms. The first-order valence-corrected chi connectivity index (χ1v) is 10.0. The maximum absolute atomic E-state index is 12.1. The first kappa shape index (κ1) is 17.8. The molecule has 148 valence electrons. The molecule has 1 saturated carbocycles. The molecule has 3 heterocycles. The number of aryl methyl sites for hydroxylation is 1. The van der Waals surface area contributed by atoms with Gasteiger partial charge in [-0.05, 0) is 56.9 Å². The van der Waals surface area contributed by atoms with Crippen LogP contribution in [-0.2, 0) is 11.3 Å². The fourth-order valence-electron chi connectivity index (χ4n) is 4.00. The van der Waals surface area contributed by atoms with E-state index in [1.807, 2.05) is 25.1 Å². The SMILES string of the molecule is CCOC(=O)c1ccc2c(C)c(-c3cc4cccc(O)c4n3CC3CC3)nn2c1. The molecule has 0 amide bonds. The van der Waals surface area contributed by atoms with Gasteiger partial charge in [0.2, 0.25) is 0 Å². The zero-order valence-electron chi connectivity index (χ0n) is 16.6. The summed E-state index contributed by atoms with van der Waals surface area (Å²) in [5.74, 6) is 0.592. The van der Waals surface area contributed by atoms with Gasteiger partial charge >= 0.3 is 5.97 Å². The minimum absolute atomic E-state index is 0.292. The molecule has 1 N–H and O–H groups in total. The number of nitrogens with zero attached hydrogens (tertiary/aromatic N) is 3. The third-order valence-corrected chi connectivity index (χ3v) is 5.67. The van der Waals surface area contributed by atoms with Crippen molar-refractivity contribution in [2.24, 2.45) is 5.92 Å². The van der Waals surface area contributed by atoms with Gasteiger partial charge in [0.15, 0.2) is 0 Å². The summed E-state index contributed by atoms with van der Waals surface area (Å²) in [4.78, 5) is 12.1. The molecular formula is C23H23N3O3. The highest BCUT2D eigenvalue weighted by atomic mass is 16.5. The van der Waals surface area contributed by atoms with E-state index in [-0.39, 0.29) is 5.97 Å².